The minimum Gasteiger partial charge on any atom is -0.388 e. The smallest absolute Gasteiger partial charge is 0.217 e. The van der Waals surface area contributed by atoms with Crippen molar-refractivity contribution in [3.8, 4) is 0 Å². The molecule has 0 aromatic rings. The predicted octanol–water partition coefficient (Wildman–Crippen LogP) is -3.85. The highest BCUT2D eigenvalue weighted by atomic mass is 16.4. The SMILES string of the molecule is CC(=O)N[C@H]1C[NH2+]C[C@H](O)[C@@H](O)[C@@H]1O. The van der Waals surface area contributed by atoms with Gasteiger partial charge in [-0.25, -0.2) is 0 Å². The van der Waals surface area contributed by atoms with Crippen molar-refractivity contribution in [2.24, 2.45) is 0 Å². The first-order valence-electron chi connectivity index (χ1n) is 4.65. The summed E-state index contributed by atoms with van der Waals surface area (Å²) in [6.45, 7) is 2.13. The molecular weight excluding hydrogens is 188 g/mol. The molecule has 82 valence electrons. The van der Waals surface area contributed by atoms with Crippen LogP contribution < -0.4 is 10.6 Å². The Morgan fingerprint density at radius 2 is 1.93 bits per heavy atom. The summed E-state index contributed by atoms with van der Waals surface area (Å²) in [5.41, 5.74) is 0. The predicted molar refractivity (Wildman–Crippen MR) is 47.3 cm³/mol. The molecule has 0 aromatic carbocycles. The lowest BCUT2D eigenvalue weighted by Crippen LogP contribution is -2.88. The van der Waals surface area contributed by atoms with E-state index in [9.17, 15) is 20.1 Å². The summed E-state index contributed by atoms with van der Waals surface area (Å²) in [5.74, 6) is -0.258. The normalized spacial score (nSPS) is 38.9. The van der Waals surface area contributed by atoms with Gasteiger partial charge >= 0.3 is 0 Å². The molecule has 0 bridgehead atoms. The van der Waals surface area contributed by atoms with Crippen LogP contribution in [-0.2, 0) is 4.79 Å². The first kappa shape index (κ1) is 11.4. The molecule has 0 unspecified atom stereocenters. The van der Waals surface area contributed by atoms with Gasteiger partial charge in [0.1, 0.15) is 30.9 Å². The van der Waals surface area contributed by atoms with Crippen LogP contribution in [0.5, 0.6) is 0 Å². The van der Waals surface area contributed by atoms with Crippen molar-refractivity contribution >= 4 is 5.91 Å². The first-order valence-corrected chi connectivity index (χ1v) is 4.65. The molecule has 6 heteroatoms. The number of carbonyl (C=O) groups is 1. The minimum absolute atomic E-state index is 0.258. The number of carbonyl (C=O) groups excluding carboxylic acids is 1. The number of hydrogen-bond acceptors (Lipinski definition) is 4. The molecule has 14 heavy (non-hydrogen) atoms. The highest BCUT2D eigenvalue weighted by molar-refractivity contribution is 5.73. The van der Waals surface area contributed by atoms with Crippen molar-refractivity contribution in [1.29, 1.82) is 0 Å². The van der Waals surface area contributed by atoms with E-state index in [0.717, 1.165) is 0 Å². The zero-order valence-electron chi connectivity index (χ0n) is 8.05. The average molecular weight is 205 g/mol. The van der Waals surface area contributed by atoms with Gasteiger partial charge in [0.05, 0.1) is 6.54 Å². The van der Waals surface area contributed by atoms with Crippen LogP contribution in [0.4, 0.5) is 0 Å². The molecular formula is C8H17N2O4+. The summed E-state index contributed by atoms with van der Waals surface area (Å²) in [6.07, 6.45) is -3.28. The zero-order chi connectivity index (χ0) is 10.7. The van der Waals surface area contributed by atoms with E-state index in [4.69, 9.17) is 0 Å². The maximum Gasteiger partial charge on any atom is 0.217 e. The second-order valence-electron chi connectivity index (χ2n) is 3.62. The standard InChI is InChI=1S/C8H16N2O4/c1-4(11)10-5-2-9-3-6(12)8(14)7(5)13/h5-9,12-14H,2-3H2,1H3,(H,10,11)/p+1/t5-,6-,7+,8+/m0/s1. The lowest BCUT2D eigenvalue weighted by atomic mass is 10.0. The molecule has 0 spiro atoms. The van der Waals surface area contributed by atoms with Crippen LogP contribution in [0.1, 0.15) is 6.92 Å². The Balaban J connectivity index is 2.62. The molecule has 1 heterocycles. The highest BCUT2D eigenvalue weighted by Crippen LogP contribution is 2.05. The van der Waals surface area contributed by atoms with E-state index in [-0.39, 0.29) is 5.91 Å². The summed E-state index contributed by atoms with van der Waals surface area (Å²) in [4.78, 5) is 10.8. The van der Waals surface area contributed by atoms with Crippen LogP contribution in [0.3, 0.4) is 0 Å². The van der Waals surface area contributed by atoms with E-state index in [2.05, 4.69) is 5.32 Å². The molecule has 0 saturated carbocycles. The van der Waals surface area contributed by atoms with Crippen LogP contribution in [0, 0.1) is 0 Å². The maximum atomic E-state index is 10.8. The third-order valence-corrected chi connectivity index (χ3v) is 2.37. The molecule has 0 aliphatic carbocycles. The van der Waals surface area contributed by atoms with Crippen LogP contribution in [0.15, 0.2) is 0 Å². The number of aliphatic hydroxyl groups excluding tert-OH is 3. The number of hydrogen-bond donors (Lipinski definition) is 5. The molecule has 6 nitrogen and oxygen atoms in total. The van der Waals surface area contributed by atoms with Crippen LogP contribution in [-0.4, -0.2) is 58.7 Å². The fourth-order valence-corrected chi connectivity index (χ4v) is 1.60. The Morgan fingerprint density at radius 1 is 1.29 bits per heavy atom. The second kappa shape index (κ2) is 4.70. The van der Waals surface area contributed by atoms with Gasteiger partial charge in [-0.05, 0) is 0 Å². The summed E-state index contributed by atoms with van der Waals surface area (Å²) < 4.78 is 0. The van der Waals surface area contributed by atoms with Gasteiger partial charge in [0.2, 0.25) is 5.91 Å². The first-order chi connectivity index (χ1) is 6.52. The fraction of sp³-hybridized carbons (Fsp3) is 0.875. The molecule has 1 saturated heterocycles. The third kappa shape index (κ3) is 2.65. The largest absolute Gasteiger partial charge is 0.388 e. The lowest BCUT2D eigenvalue weighted by molar-refractivity contribution is -0.660. The number of amides is 1. The Hall–Kier alpha value is -0.690. The molecule has 1 amide bonds. The van der Waals surface area contributed by atoms with E-state index in [1.165, 1.54) is 6.92 Å². The number of nitrogens with one attached hydrogen (secondary N) is 1. The van der Waals surface area contributed by atoms with Gasteiger partial charge in [-0.2, -0.15) is 0 Å². The third-order valence-electron chi connectivity index (χ3n) is 2.37. The van der Waals surface area contributed by atoms with E-state index in [1.54, 1.807) is 5.32 Å². The molecule has 0 aromatic heterocycles. The van der Waals surface area contributed by atoms with E-state index in [0.29, 0.717) is 13.1 Å². The Kier molecular flexibility index (Phi) is 3.82. The highest BCUT2D eigenvalue weighted by Gasteiger charge is 2.36. The molecule has 1 aliphatic heterocycles. The summed E-state index contributed by atoms with van der Waals surface area (Å²) in [6, 6.07) is -0.514. The summed E-state index contributed by atoms with van der Waals surface area (Å²) >= 11 is 0. The Labute approximate surface area is 81.9 Å². The Morgan fingerprint density at radius 3 is 2.50 bits per heavy atom. The minimum atomic E-state index is -1.20. The number of rotatable bonds is 1. The van der Waals surface area contributed by atoms with Gasteiger partial charge < -0.3 is 26.0 Å². The molecule has 6 N–H and O–H groups in total. The van der Waals surface area contributed by atoms with Gasteiger partial charge in [-0.1, -0.05) is 0 Å². The quantitative estimate of drug-likeness (QED) is 0.302. The van der Waals surface area contributed by atoms with Crippen LogP contribution in [0.25, 0.3) is 0 Å². The topological polar surface area (TPSA) is 106 Å². The zero-order valence-corrected chi connectivity index (χ0v) is 8.05. The molecule has 1 aliphatic rings. The van der Waals surface area contributed by atoms with Crippen LogP contribution in [0.2, 0.25) is 0 Å². The van der Waals surface area contributed by atoms with Gasteiger partial charge in [-0.15, -0.1) is 0 Å². The van der Waals surface area contributed by atoms with Gasteiger partial charge in [0.15, 0.2) is 0 Å². The number of aliphatic hydroxyl groups is 3. The summed E-state index contributed by atoms with van der Waals surface area (Å²) in [7, 11) is 0. The molecule has 1 fully saturated rings. The summed E-state index contributed by atoms with van der Waals surface area (Å²) in [5, 5.41) is 32.6. The monoisotopic (exact) mass is 205 g/mol. The van der Waals surface area contributed by atoms with E-state index >= 15 is 0 Å². The van der Waals surface area contributed by atoms with Crippen molar-refractivity contribution < 1.29 is 25.4 Å². The second-order valence-corrected chi connectivity index (χ2v) is 3.62. The molecule has 4 atom stereocenters. The number of nitrogens with two attached hydrogens (primary N) is 1. The van der Waals surface area contributed by atoms with E-state index in [1.807, 2.05) is 0 Å². The van der Waals surface area contributed by atoms with Gasteiger partial charge in [0.25, 0.3) is 0 Å². The molecule has 0 radical (unpaired) electrons. The Bertz CT molecular complexity index is 212. The van der Waals surface area contributed by atoms with Crippen molar-refractivity contribution in [2.45, 2.75) is 31.3 Å². The van der Waals surface area contributed by atoms with Gasteiger partial charge in [0, 0.05) is 6.92 Å². The van der Waals surface area contributed by atoms with Crippen molar-refractivity contribution in [3.05, 3.63) is 0 Å². The van der Waals surface area contributed by atoms with Crippen LogP contribution >= 0.6 is 0 Å². The number of quaternary nitrogens is 1. The van der Waals surface area contributed by atoms with E-state index < -0.39 is 24.4 Å². The van der Waals surface area contributed by atoms with Crippen molar-refractivity contribution in [2.75, 3.05) is 13.1 Å². The van der Waals surface area contributed by atoms with Gasteiger partial charge in [-0.3, -0.25) is 4.79 Å². The fourth-order valence-electron chi connectivity index (χ4n) is 1.60. The van der Waals surface area contributed by atoms with Crippen molar-refractivity contribution in [3.63, 3.8) is 0 Å². The van der Waals surface area contributed by atoms with Crippen molar-refractivity contribution in [1.82, 2.24) is 5.32 Å². The average Bonchev–Trinajstić information content (AvgIpc) is 2.21. The maximum absolute atomic E-state index is 10.8. The molecule has 1 rings (SSSR count). The lowest BCUT2D eigenvalue weighted by Gasteiger charge is -2.23.